The zero-order valence-electron chi connectivity index (χ0n) is 25.0. The molecular formula is C31H40FN3O8. The summed E-state index contributed by atoms with van der Waals surface area (Å²) in [6.07, 6.45) is 0.667. The normalized spacial score (nSPS) is 32.4. The molecule has 1 aromatic rings. The maximum Gasteiger partial charge on any atom is 0.235 e. The van der Waals surface area contributed by atoms with Crippen LogP contribution in [0.5, 0.6) is 5.75 Å². The van der Waals surface area contributed by atoms with Crippen LogP contribution in [0.15, 0.2) is 6.07 Å². The summed E-state index contributed by atoms with van der Waals surface area (Å²) in [7, 11) is 3.03. The molecule has 4 aliphatic rings. The lowest BCUT2D eigenvalue weighted by atomic mass is 9.52. The van der Waals surface area contributed by atoms with Crippen LogP contribution in [0.1, 0.15) is 48.2 Å². The number of nitrogens with zero attached hydrogens (tertiary/aromatic N) is 2. The zero-order chi connectivity index (χ0) is 31.5. The average molecular weight is 602 g/mol. The smallest absolute Gasteiger partial charge is 0.235 e. The zero-order valence-corrected chi connectivity index (χ0v) is 25.0. The van der Waals surface area contributed by atoms with E-state index in [1.54, 1.807) is 0 Å². The van der Waals surface area contributed by atoms with Crippen LogP contribution in [-0.4, -0.2) is 101 Å². The van der Waals surface area contributed by atoms with Crippen molar-refractivity contribution in [2.45, 2.75) is 51.3 Å². The minimum Gasteiger partial charge on any atom is -0.507 e. The maximum atomic E-state index is 16.2. The quantitative estimate of drug-likeness (QED) is 0.357. The third-order valence-electron chi connectivity index (χ3n) is 9.63. The molecule has 7 atom stereocenters. The topological polar surface area (TPSA) is 168 Å². The van der Waals surface area contributed by atoms with Crippen molar-refractivity contribution in [1.82, 2.24) is 9.80 Å². The van der Waals surface area contributed by atoms with Gasteiger partial charge in [-0.25, -0.2) is 4.39 Å². The van der Waals surface area contributed by atoms with Gasteiger partial charge in [0.2, 0.25) is 5.91 Å². The summed E-state index contributed by atoms with van der Waals surface area (Å²) >= 11 is 0. The number of halogens is 1. The first-order chi connectivity index (χ1) is 20.2. The van der Waals surface area contributed by atoms with E-state index < -0.39 is 75.9 Å². The Balaban J connectivity index is 1.52. The fourth-order valence-electron chi connectivity index (χ4n) is 7.88. The van der Waals surface area contributed by atoms with Crippen molar-refractivity contribution in [3.05, 3.63) is 28.6 Å². The van der Waals surface area contributed by atoms with E-state index in [2.05, 4.69) is 18.7 Å². The predicted octanol–water partition coefficient (Wildman–Crippen LogP) is 0.501. The molecule has 0 radical (unpaired) electrons. The highest BCUT2D eigenvalue weighted by molar-refractivity contribution is 6.32. The van der Waals surface area contributed by atoms with Crippen molar-refractivity contribution in [1.29, 1.82) is 0 Å². The lowest BCUT2D eigenvalue weighted by Crippen LogP contribution is -2.74. The molecule has 3 fully saturated rings. The number of hydrogen-bond donors (Lipinski definition) is 3. The Hall–Kier alpha value is -3.06. The molecule has 3 aliphatic carbocycles. The van der Waals surface area contributed by atoms with Gasteiger partial charge in [-0.2, -0.15) is 0 Å². The fourth-order valence-corrected chi connectivity index (χ4v) is 7.88. The first kappa shape index (κ1) is 31.4. The van der Waals surface area contributed by atoms with Crippen LogP contribution in [0.4, 0.5) is 4.39 Å². The summed E-state index contributed by atoms with van der Waals surface area (Å²) in [6.45, 7) is 7.01. The number of Topliss-reactive ketones (excluding diaryl/α,β-unsaturated/α-hetero) is 4. The van der Waals surface area contributed by atoms with Crippen LogP contribution in [0, 0.1) is 41.3 Å². The summed E-state index contributed by atoms with van der Waals surface area (Å²) < 4.78 is 21.7. The first-order valence-electron chi connectivity index (χ1n) is 14.9. The summed E-state index contributed by atoms with van der Waals surface area (Å²) in [6, 6.07) is 0.000957. The van der Waals surface area contributed by atoms with Crippen molar-refractivity contribution < 1.29 is 43.3 Å². The molecule has 0 bridgehead atoms. The monoisotopic (exact) mass is 601 g/mol. The van der Waals surface area contributed by atoms with Gasteiger partial charge in [0.1, 0.15) is 11.6 Å². The molecule has 1 heterocycles. The van der Waals surface area contributed by atoms with Gasteiger partial charge >= 0.3 is 0 Å². The number of ketones is 4. The van der Waals surface area contributed by atoms with Gasteiger partial charge in [-0.3, -0.25) is 33.8 Å². The Morgan fingerprint density at radius 1 is 1.21 bits per heavy atom. The second-order valence-corrected chi connectivity index (χ2v) is 13.3. The fraction of sp³-hybridized carbons (Fsp3) is 0.645. The number of ether oxygens (including phenoxy) is 1. The SMILES string of the molecule is CC(C)CN(Cc1cc(O)c2c(c1F)C[C@H]1C[C@H]3[C@H](N(C)C)C(=O)C(C(N)=O)C(=O)[C@@]3(O)C(=O)C1C2=O)CC1CCOC1. The van der Waals surface area contributed by atoms with Gasteiger partial charge in [-0.05, 0) is 57.2 Å². The van der Waals surface area contributed by atoms with Gasteiger partial charge in [0.15, 0.2) is 34.7 Å². The van der Waals surface area contributed by atoms with E-state index in [9.17, 15) is 34.2 Å². The van der Waals surface area contributed by atoms with Crippen molar-refractivity contribution in [3.63, 3.8) is 0 Å². The molecule has 1 aliphatic heterocycles. The van der Waals surface area contributed by atoms with E-state index >= 15 is 4.39 Å². The summed E-state index contributed by atoms with van der Waals surface area (Å²) in [5, 5.41) is 22.7. The molecule has 1 saturated heterocycles. The number of phenols is 1. The Kier molecular flexibility index (Phi) is 8.36. The number of fused-ring (bicyclic) bond motifs is 3. The van der Waals surface area contributed by atoms with Crippen molar-refractivity contribution in [3.8, 4) is 5.75 Å². The number of primary amides is 1. The van der Waals surface area contributed by atoms with Crippen LogP contribution < -0.4 is 5.73 Å². The highest BCUT2D eigenvalue weighted by atomic mass is 19.1. The van der Waals surface area contributed by atoms with Crippen LogP contribution in [0.25, 0.3) is 0 Å². The Morgan fingerprint density at radius 2 is 1.91 bits per heavy atom. The van der Waals surface area contributed by atoms with Crippen molar-refractivity contribution in [2.75, 3.05) is 40.4 Å². The molecule has 11 nitrogen and oxygen atoms in total. The third-order valence-corrected chi connectivity index (χ3v) is 9.63. The molecule has 12 heteroatoms. The van der Waals surface area contributed by atoms with Crippen molar-refractivity contribution >= 4 is 29.0 Å². The Labute approximate surface area is 249 Å². The Bertz CT molecular complexity index is 1370. The molecule has 0 aromatic heterocycles. The van der Waals surface area contributed by atoms with E-state index in [1.807, 2.05) is 0 Å². The number of hydrogen-bond acceptors (Lipinski definition) is 10. The molecule has 1 aromatic carbocycles. The summed E-state index contributed by atoms with van der Waals surface area (Å²) in [5.74, 6) is -11.7. The number of likely N-dealkylation sites (N-methyl/N-ethyl adjacent to an activating group) is 1. The van der Waals surface area contributed by atoms with Gasteiger partial charge in [0.05, 0.1) is 24.1 Å². The van der Waals surface area contributed by atoms with Gasteiger partial charge < -0.3 is 20.7 Å². The lowest BCUT2D eigenvalue weighted by molar-refractivity contribution is -0.181. The third kappa shape index (κ3) is 5.11. The Morgan fingerprint density at radius 3 is 2.49 bits per heavy atom. The maximum absolute atomic E-state index is 16.2. The van der Waals surface area contributed by atoms with E-state index in [0.29, 0.717) is 38.1 Å². The number of nitrogens with two attached hydrogens (primary N) is 1. The van der Waals surface area contributed by atoms with Gasteiger partial charge in [-0.1, -0.05) is 13.8 Å². The van der Waals surface area contributed by atoms with Gasteiger partial charge in [0.25, 0.3) is 0 Å². The van der Waals surface area contributed by atoms with Gasteiger partial charge in [0, 0.05) is 43.3 Å². The number of carbonyl (C=O) groups is 5. The van der Waals surface area contributed by atoms with Crippen LogP contribution >= 0.6 is 0 Å². The van der Waals surface area contributed by atoms with E-state index in [-0.39, 0.29) is 36.1 Å². The molecule has 4 N–H and O–H groups in total. The van der Waals surface area contributed by atoms with Crippen LogP contribution in [-0.2, 0) is 36.9 Å². The number of carbonyl (C=O) groups excluding carboxylic acids is 5. The lowest BCUT2D eigenvalue weighted by Gasteiger charge is -2.52. The van der Waals surface area contributed by atoms with E-state index in [1.165, 1.54) is 25.1 Å². The number of aliphatic hydroxyl groups is 1. The summed E-state index contributed by atoms with van der Waals surface area (Å²) in [4.78, 5) is 69.9. The van der Waals surface area contributed by atoms with Gasteiger partial charge in [-0.15, -0.1) is 0 Å². The predicted molar refractivity (Wildman–Crippen MR) is 150 cm³/mol. The number of aromatic hydroxyl groups is 1. The minimum atomic E-state index is -2.81. The van der Waals surface area contributed by atoms with Crippen LogP contribution in [0.3, 0.4) is 0 Å². The summed E-state index contributed by atoms with van der Waals surface area (Å²) in [5.41, 5.74) is 2.40. The number of rotatable bonds is 8. The number of phenolic OH excluding ortho intramolecular Hbond substituents is 1. The second kappa shape index (κ2) is 11.5. The molecule has 1 amide bonds. The average Bonchev–Trinajstić information content (AvgIpc) is 3.41. The second-order valence-electron chi connectivity index (χ2n) is 13.3. The van der Waals surface area contributed by atoms with E-state index in [0.717, 1.165) is 6.42 Å². The number of benzene rings is 1. The molecular weight excluding hydrogens is 561 g/mol. The molecule has 43 heavy (non-hydrogen) atoms. The standard InChI is InChI=1S/C31H40FN3O8/c1-14(2)10-35(11-15-5-6-43-13-15)12-17-9-20(36)22-18(24(17)32)7-16-8-19-25(34(3)4)27(38)23(30(33)41)29(40)31(19,42)28(39)21(16)26(22)37/h9,14-16,19,21,23,25,36,42H,5-8,10-13H2,1-4H3,(H2,33,41)/t15?,16-,19-,21?,23?,25-,31-/m0/s1. The molecule has 3 unspecified atom stereocenters. The van der Waals surface area contributed by atoms with E-state index in [4.69, 9.17) is 10.5 Å². The molecule has 234 valence electrons. The molecule has 5 rings (SSSR count). The first-order valence-corrected chi connectivity index (χ1v) is 14.9. The van der Waals surface area contributed by atoms with Crippen molar-refractivity contribution in [2.24, 2.45) is 41.2 Å². The number of amides is 1. The molecule has 2 saturated carbocycles. The van der Waals surface area contributed by atoms with Crippen LogP contribution in [0.2, 0.25) is 0 Å². The largest absolute Gasteiger partial charge is 0.507 e. The highest BCUT2D eigenvalue weighted by Gasteiger charge is 2.69. The highest BCUT2D eigenvalue weighted by Crippen LogP contribution is 2.51. The molecule has 0 spiro atoms. The minimum absolute atomic E-state index is 0.0157.